The van der Waals surface area contributed by atoms with E-state index >= 15 is 0 Å². The second kappa shape index (κ2) is 7.18. The van der Waals surface area contributed by atoms with Gasteiger partial charge in [0.2, 0.25) is 11.8 Å². The van der Waals surface area contributed by atoms with Gasteiger partial charge in [0, 0.05) is 29.7 Å². The Morgan fingerprint density at radius 3 is 2.50 bits per heavy atom. The van der Waals surface area contributed by atoms with Crippen LogP contribution in [0.15, 0.2) is 53.0 Å². The van der Waals surface area contributed by atoms with Gasteiger partial charge in [-0.05, 0) is 36.8 Å². The standard InChI is InChI=1S/C19H19BrN2O2/c1-13-2-4-14(5-3-13)11-22-12-15(10-18(22)23)19(24)21-17-8-6-16(20)7-9-17/h2-9,15H,10-12H2,1H3,(H,21,24)/t15-/m1/s1. The molecule has 5 heteroatoms. The summed E-state index contributed by atoms with van der Waals surface area (Å²) < 4.78 is 0.959. The first kappa shape index (κ1) is 16.7. The SMILES string of the molecule is Cc1ccc(CN2C[C@H](C(=O)Nc3ccc(Br)cc3)CC2=O)cc1. The first-order valence-electron chi connectivity index (χ1n) is 7.91. The normalized spacial score (nSPS) is 17.2. The number of anilines is 1. The monoisotopic (exact) mass is 386 g/mol. The fourth-order valence-electron chi connectivity index (χ4n) is 2.79. The third-order valence-electron chi connectivity index (χ3n) is 4.19. The van der Waals surface area contributed by atoms with Gasteiger partial charge in [-0.1, -0.05) is 45.8 Å². The maximum absolute atomic E-state index is 12.4. The van der Waals surface area contributed by atoms with Crippen molar-refractivity contribution in [1.82, 2.24) is 4.90 Å². The van der Waals surface area contributed by atoms with E-state index in [-0.39, 0.29) is 24.2 Å². The number of rotatable bonds is 4. The Labute approximate surface area is 150 Å². The molecule has 3 rings (SSSR count). The molecule has 0 radical (unpaired) electrons. The average Bonchev–Trinajstić information content (AvgIpc) is 2.93. The number of carbonyl (C=O) groups excluding carboxylic acids is 2. The number of halogens is 1. The summed E-state index contributed by atoms with van der Waals surface area (Å²) in [6, 6.07) is 15.5. The zero-order chi connectivity index (χ0) is 17.1. The molecule has 0 bridgehead atoms. The van der Waals surface area contributed by atoms with Crippen LogP contribution in [0.2, 0.25) is 0 Å². The van der Waals surface area contributed by atoms with Crippen LogP contribution in [0.25, 0.3) is 0 Å². The predicted molar refractivity (Wildman–Crippen MR) is 97.5 cm³/mol. The van der Waals surface area contributed by atoms with Gasteiger partial charge in [-0.3, -0.25) is 9.59 Å². The minimum Gasteiger partial charge on any atom is -0.338 e. The van der Waals surface area contributed by atoms with Crippen molar-refractivity contribution >= 4 is 33.4 Å². The molecule has 2 amide bonds. The zero-order valence-electron chi connectivity index (χ0n) is 13.5. The minimum absolute atomic E-state index is 0.0338. The summed E-state index contributed by atoms with van der Waals surface area (Å²) in [5.41, 5.74) is 3.02. The van der Waals surface area contributed by atoms with Crippen molar-refractivity contribution in [1.29, 1.82) is 0 Å². The number of aryl methyl sites for hydroxylation is 1. The molecule has 1 aliphatic rings. The third kappa shape index (κ3) is 4.03. The molecule has 0 aliphatic carbocycles. The van der Waals surface area contributed by atoms with Crippen LogP contribution in [0.5, 0.6) is 0 Å². The first-order valence-corrected chi connectivity index (χ1v) is 8.70. The number of amides is 2. The fraction of sp³-hybridized carbons (Fsp3) is 0.263. The summed E-state index contributed by atoms with van der Waals surface area (Å²) in [4.78, 5) is 26.3. The quantitative estimate of drug-likeness (QED) is 0.869. The molecule has 1 fully saturated rings. The molecule has 0 saturated carbocycles. The van der Waals surface area contributed by atoms with E-state index in [9.17, 15) is 9.59 Å². The van der Waals surface area contributed by atoms with Gasteiger partial charge in [-0.25, -0.2) is 0 Å². The molecular formula is C19H19BrN2O2. The lowest BCUT2D eigenvalue weighted by molar-refractivity contribution is -0.128. The largest absolute Gasteiger partial charge is 0.338 e. The molecule has 24 heavy (non-hydrogen) atoms. The molecule has 1 saturated heterocycles. The molecule has 2 aromatic carbocycles. The van der Waals surface area contributed by atoms with Crippen LogP contribution in [0.4, 0.5) is 5.69 Å². The Morgan fingerprint density at radius 2 is 1.83 bits per heavy atom. The molecule has 4 nitrogen and oxygen atoms in total. The fourth-order valence-corrected chi connectivity index (χ4v) is 3.06. The summed E-state index contributed by atoms with van der Waals surface area (Å²) in [5.74, 6) is -0.366. The Hall–Kier alpha value is -2.14. The second-order valence-electron chi connectivity index (χ2n) is 6.16. The molecule has 0 unspecified atom stereocenters. The van der Waals surface area contributed by atoms with E-state index in [2.05, 4.69) is 21.2 Å². The van der Waals surface area contributed by atoms with Crippen molar-refractivity contribution in [3.63, 3.8) is 0 Å². The van der Waals surface area contributed by atoms with Gasteiger partial charge in [-0.15, -0.1) is 0 Å². The molecule has 124 valence electrons. The van der Waals surface area contributed by atoms with Crippen LogP contribution in [-0.2, 0) is 16.1 Å². The van der Waals surface area contributed by atoms with Crippen LogP contribution >= 0.6 is 15.9 Å². The highest BCUT2D eigenvalue weighted by Gasteiger charge is 2.34. The number of likely N-dealkylation sites (tertiary alicyclic amines) is 1. The van der Waals surface area contributed by atoms with Gasteiger partial charge in [0.05, 0.1) is 5.92 Å². The highest BCUT2D eigenvalue weighted by molar-refractivity contribution is 9.10. The number of carbonyl (C=O) groups is 2. The van der Waals surface area contributed by atoms with E-state index in [1.165, 1.54) is 5.56 Å². The number of nitrogens with zero attached hydrogens (tertiary/aromatic N) is 1. The van der Waals surface area contributed by atoms with Crippen LogP contribution in [0, 0.1) is 12.8 Å². The summed E-state index contributed by atoms with van der Waals surface area (Å²) >= 11 is 3.37. The highest BCUT2D eigenvalue weighted by Crippen LogP contribution is 2.22. The molecule has 1 atom stereocenters. The van der Waals surface area contributed by atoms with E-state index in [1.807, 2.05) is 55.5 Å². The summed E-state index contributed by atoms with van der Waals surface area (Å²) in [6.07, 6.45) is 0.272. The lowest BCUT2D eigenvalue weighted by atomic mass is 10.1. The number of nitrogens with one attached hydrogen (secondary N) is 1. The van der Waals surface area contributed by atoms with Crippen molar-refractivity contribution in [2.24, 2.45) is 5.92 Å². The number of hydrogen-bond donors (Lipinski definition) is 1. The smallest absolute Gasteiger partial charge is 0.229 e. The van der Waals surface area contributed by atoms with Crippen LogP contribution < -0.4 is 5.32 Å². The maximum Gasteiger partial charge on any atom is 0.229 e. The van der Waals surface area contributed by atoms with E-state index < -0.39 is 0 Å². The van der Waals surface area contributed by atoms with Gasteiger partial charge in [0.25, 0.3) is 0 Å². The van der Waals surface area contributed by atoms with Gasteiger partial charge >= 0.3 is 0 Å². The van der Waals surface area contributed by atoms with E-state index in [4.69, 9.17) is 0 Å². The molecular weight excluding hydrogens is 368 g/mol. The molecule has 2 aromatic rings. The zero-order valence-corrected chi connectivity index (χ0v) is 15.0. The maximum atomic E-state index is 12.4. The van der Waals surface area contributed by atoms with Gasteiger partial charge < -0.3 is 10.2 Å². The topological polar surface area (TPSA) is 49.4 Å². The van der Waals surface area contributed by atoms with Crippen molar-refractivity contribution in [3.8, 4) is 0 Å². The van der Waals surface area contributed by atoms with Crippen molar-refractivity contribution in [2.75, 3.05) is 11.9 Å². The predicted octanol–water partition coefficient (Wildman–Crippen LogP) is 3.74. The van der Waals surface area contributed by atoms with Crippen molar-refractivity contribution < 1.29 is 9.59 Å². The van der Waals surface area contributed by atoms with Gasteiger partial charge in [0.15, 0.2) is 0 Å². The average molecular weight is 387 g/mol. The lowest BCUT2D eigenvalue weighted by Gasteiger charge is -2.17. The number of hydrogen-bond acceptors (Lipinski definition) is 2. The molecule has 1 aliphatic heterocycles. The van der Waals surface area contributed by atoms with Gasteiger partial charge in [-0.2, -0.15) is 0 Å². The highest BCUT2D eigenvalue weighted by atomic mass is 79.9. The van der Waals surface area contributed by atoms with Crippen molar-refractivity contribution in [3.05, 3.63) is 64.1 Å². The third-order valence-corrected chi connectivity index (χ3v) is 4.72. The van der Waals surface area contributed by atoms with E-state index in [1.54, 1.807) is 4.90 Å². The number of benzene rings is 2. The summed E-state index contributed by atoms with van der Waals surface area (Å²) in [6.45, 7) is 3.06. The molecule has 0 spiro atoms. The Kier molecular flexibility index (Phi) is 5.00. The Morgan fingerprint density at radius 1 is 1.17 bits per heavy atom. The van der Waals surface area contributed by atoms with Crippen LogP contribution in [0.1, 0.15) is 17.5 Å². The van der Waals surface area contributed by atoms with E-state index in [0.717, 1.165) is 15.7 Å². The van der Waals surface area contributed by atoms with E-state index in [0.29, 0.717) is 13.1 Å². The molecule has 1 heterocycles. The minimum atomic E-state index is -0.299. The van der Waals surface area contributed by atoms with Crippen LogP contribution in [0.3, 0.4) is 0 Å². The lowest BCUT2D eigenvalue weighted by Crippen LogP contribution is -2.28. The Bertz CT molecular complexity index is 741. The Balaban J connectivity index is 1.60. The second-order valence-corrected chi connectivity index (χ2v) is 7.07. The summed E-state index contributed by atoms with van der Waals surface area (Å²) in [7, 11) is 0. The first-order chi connectivity index (χ1) is 11.5. The molecule has 1 N–H and O–H groups in total. The van der Waals surface area contributed by atoms with Crippen LogP contribution in [-0.4, -0.2) is 23.3 Å². The molecule has 0 aromatic heterocycles. The van der Waals surface area contributed by atoms with Gasteiger partial charge in [0.1, 0.15) is 0 Å². The summed E-state index contributed by atoms with van der Waals surface area (Å²) in [5, 5.41) is 2.88. The van der Waals surface area contributed by atoms with Crippen molar-refractivity contribution in [2.45, 2.75) is 19.9 Å².